The van der Waals surface area contributed by atoms with Crippen LogP contribution in [-0.2, 0) is 14.3 Å². The minimum Gasteiger partial charge on any atom is -0.321 e. The second-order valence-corrected chi connectivity index (χ2v) is 7.55. The van der Waals surface area contributed by atoms with Crippen LogP contribution in [-0.4, -0.2) is 26.4 Å². The quantitative estimate of drug-likeness (QED) is 0.652. The van der Waals surface area contributed by atoms with Crippen LogP contribution in [0.3, 0.4) is 0 Å². The summed E-state index contributed by atoms with van der Waals surface area (Å²) in [6, 6.07) is 17.2. The van der Waals surface area contributed by atoms with Gasteiger partial charge in [0.15, 0.2) is 5.03 Å². The third-order valence-corrected chi connectivity index (χ3v) is 5.29. The summed E-state index contributed by atoms with van der Waals surface area (Å²) >= 11 is 5.93. The fourth-order valence-electron chi connectivity index (χ4n) is 2.50. The van der Waals surface area contributed by atoms with Crippen LogP contribution in [0.5, 0.6) is 0 Å². The molecule has 0 saturated carbocycles. The number of para-hydroxylation sites is 1. The first-order chi connectivity index (χ1) is 12.9. The van der Waals surface area contributed by atoms with Crippen molar-refractivity contribution in [3.05, 3.63) is 77.4 Å². The van der Waals surface area contributed by atoms with E-state index in [1.165, 1.54) is 18.3 Å². The van der Waals surface area contributed by atoms with E-state index < -0.39 is 21.1 Å². The molecule has 0 fully saturated rings. The second-order valence-electron chi connectivity index (χ2n) is 5.48. The van der Waals surface area contributed by atoms with Crippen LogP contribution < -0.4 is 5.32 Å². The molecule has 1 aromatic heterocycles. The van der Waals surface area contributed by atoms with E-state index in [0.29, 0.717) is 10.7 Å². The topological polar surface area (TPSA) is 85.4 Å². The van der Waals surface area contributed by atoms with Crippen LogP contribution in [0.25, 0.3) is 11.1 Å². The van der Waals surface area contributed by atoms with Gasteiger partial charge in [0.2, 0.25) is 0 Å². The molecule has 0 aliphatic rings. The summed E-state index contributed by atoms with van der Waals surface area (Å²) in [5.74, 6) is -0.611. The summed E-state index contributed by atoms with van der Waals surface area (Å²) in [5, 5.41) is 2.91. The predicted octanol–water partition coefficient (Wildman–Crippen LogP) is 3.99. The Balaban J connectivity index is 1.98. The number of hydrogen-bond acceptors (Lipinski definition) is 5. The van der Waals surface area contributed by atoms with Gasteiger partial charge in [-0.1, -0.05) is 41.9 Å². The molecule has 138 valence electrons. The van der Waals surface area contributed by atoms with Gasteiger partial charge >= 0.3 is 10.1 Å². The summed E-state index contributed by atoms with van der Waals surface area (Å²) in [4.78, 5) is 16.5. The predicted molar refractivity (Wildman–Crippen MR) is 103 cm³/mol. The van der Waals surface area contributed by atoms with Gasteiger partial charge in [-0.15, -0.1) is 0 Å². The van der Waals surface area contributed by atoms with Gasteiger partial charge in [0.25, 0.3) is 5.91 Å². The number of anilines is 1. The standard InChI is InChI=1S/C19H15ClN2O4S/c1-26-27(24,25)19-16(6-4-12-21-19)18(23)22-17-7-3-2-5-15(17)13-8-10-14(20)11-9-13/h2-12H,1H3,(H,22,23). The molecule has 0 bridgehead atoms. The van der Waals surface area contributed by atoms with Crippen LogP contribution in [0, 0.1) is 0 Å². The Kier molecular flexibility index (Phi) is 5.55. The Morgan fingerprint density at radius 3 is 2.44 bits per heavy atom. The number of carbonyl (C=O) groups excluding carboxylic acids is 1. The Labute approximate surface area is 161 Å². The third-order valence-electron chi connectivity index (χ3n) is 3.80. The molecule has 0 atom stereocenters. The number of nitrogens with zero attached hydrogens (tertiary/aromatic N) is 1. The highest BCUT2D eigenvalue weighted by Gasteiger charge is 2.24. The van der Waals surface area contributed by atoms with E-state index in [4.69, 9.17) is 11.6 Å². The molecular formula is C19H15ClN2O4S. The third kappa shape index (κ3) is 4.16. The van der Waals surface area contributed by atoms with Crippen LogP contribution >= 0.6 is 11.6 Å². The minimum atomic E-state index is -4.12. The monoisotopic (exact) mass is 402 g/mol. The lowest BCUT2D eigenvalue weighted by Crippen LogP contribution is -2.18. The molecule has 27 heavy (non-hydrogen) atoms. The number of rotatable bonds is 5. The SMILES string of the molecule is COS(=O)(=O)c1ncccc1C(=O)Nc1ccccc1-c1ccc(Cl)cc1. The molecule has 1 amide bonds. The van der Waals surface area contributed by atoms with Gasteiger partial charge in [0.1, 0.15) is 0 Å². The zero-order valence-electron chi connectivity index (χ0n) is 14.2. The van der Waals surface area contributed by atoms with E-state index in [-0.39, 0.29) is 5.56 Å². The Morgan fingerprint density at radius 1 is 1.04 bits per heavy atom. The van der Waals surface area contributed by atoms with Crippen LogP contribution in [0.1, 0.15) is 10.4 Å². The Morgan fingerprint density at radius 2 is 1.74 bits per heavy atom. The number of nitrogens with one attached hydrogen (secondary N) is 1. The van der Waals surface area contributed by atoms with Crippen molar-refractivity contribution < 1.29 is 17.4 Å². The molecule has 2 aromatic carbocycles. The maximum atomic E-state index is 12.7. The van der Waals surface area contributed by atoms with Crippen molar-refractivity contribution in [1.82, 2.24) is 4.98 Å². The van der Waals surface area contributed by atoms with Crippen molar-refractivity contribution in [3.63, 3.8) is 0 Å². The molecule has 0 aliphatic carbocycles. The number of aromatic nitrogens is 1. The number of amides is 1. The summed E-state index contributed by atoms with van der Waals surface area (Å²) < 4.78 is 28.5. The van der Waals surface area contributed by atoms with Crippen molar-refractivity contribution >= 4 is 33.3 Å². The van der Waals surface area contributed by atoms with E-state index in [1.807, 2.05) is 24.3 Å². The molecule has 0 spiro atoms. The molecule has 3 aromatic rings. The van der Waals surface area contributed by atoms with E-state index in [2.05, 4.69) is 14.5 Å². The second kappa shape index (κ2) is 7.87. The Bertz CT molecular complexity index is 1080. The Hall–Kier alpha value is -2.74. The summed E-state index contributed by atoms with van der Waals surface area (Å²) in [6.07, 6.45) is 1.28. The van der Waals surface area contributed by atoms with Gasteiger partial charge in [-0.3, -0.25) is 8.98 Å². The van der Waals surface area contributed by atoms with Crippen molar-refractivity contribution in [2.75, 3.05) is 12.4 Å². The lowest BCUT2D eigenvalue weighted by Gasteiger charge is -2.13. The van der Waals surface area contributed by atoms with Crippen molar-refractivity contribution in [3.8, 4) is 11.1 Å². The van der Waals surface area contributed by atoms with Crippen LogP contribution in [0.15, 0.2) is 71.9 Å². The summed E-state index contributed by atoms with van der Waals surface area (Å²) in [6.45, 7) is 0. The van der Waals surface area contributed by atoms with Crippen molar-refractivity contribution in [2.24, 2.45) is 0 Å². The lowest BCUT2D eigenvalue weighted by atomic mass is 10.0. The molecule has 3 rings (SSSR count). The average molecular weight is 403 g/mol. The molecule has 6 nitrogen and oxygen atoms in total. The molecular weight excluding hydrogens is 388 g/mol. The number of benzene rings is 2. The minimum absolute atomic E-state index is 0.106. The van der Waals surface area contributed by atoms with Gasteiger partial charge in [0.05, 0.1) is 12.7 Å². The van der Waals surface area contributed by atoms with Gasteiger partial charge < -0.3 is 5.32 Å². The largest absolute Gasteiger partial charge is 0.321 e. The zero-order chi connectivity index (χ0) is 19.4. The number of carbonyl (C=O) groups is 1. The highest BCUT2D eigenvalue weighted by molar-refractivity contribution is 7.86. The summed E-state index contributed by atoms with van der Waals surface area (Å²) in [7, 11) is -3.10. The molecule has 0 radical (unpaired) electrons. The lowest BCUT2D eigenvalue weighted by molar-refractivity contribution is 0.102. The molecule has 1 heterocycles. The van der Waals surface area contributed by atoms with Crippen LogP contribution in [0.2, 0.25) is 5.02 Å². The fraction of sp³-hybridized carbons (Fsp3) is 0.0526. The van der Waals surface area contributed by atoms with Crippen molar-refractivity contribution in [1.29, 1.82) is 0 Å². The van der Waals surface area contributed by atoms with Gasteiger partial charge in [-0.2, -0.15) is 8.42 Å². The van der Waals surface area contributed by atoms with E-state index in [1.54, 1.807) is 24.3 Å². The highest BCUT2D eigenvalue weighted by atomic mass is 35.5. The first-order valence-corrected chi connectivity index (χ1v) is 9.63. The number of halogens is 1. The van der Waals surface area contributed by atoms with E-state index in [0.717, 1.165) is 18.2 Å². The molecule has 0 saturated heterocycles. The maximum Gasteiger partial charge on any atom is 0.315 e. The maximum absolute atomic E-state index is 12.7. The molecule has 0 unspecified atom stereocenters. The molecule has 0 aliphatic heterocycles. The van der Waals surface area contributed by atoms with E-state index >= 15 is 0 Å². The number of pyridine rings is 1. The highest BCUT2D eigenvalue weighted by Crippen LogP contribution is 2.29. The average Bonchev–Trinajstić information content (AvgIpc) is 2.69. The van der Waals surface area contributed by atoms with Gasteiger partial charge in [0, 0.05) is 22.5 Å². The molecule has 8 heteroatoms. The number of hydrogen-bond donors (Lipinski definition) is 1. The van der Waals surface area contributed by atoms with Crippen molar-refractivity contribution in [2.45, 2.75) is 5.03 Å². The summed E-state index contributed by atoms with van der Waals surface area (Å²) in [5.41, 5.74) is 2.04. The zero-order valence-corrected chi connectivity index (χ0v) is 15.8. The van der Waals surface area contributed by atoms with E-state index in [9.17, 15) is 13.2 Å². The normalized spacial score (nSPS) is 11.2. The van der Waals surface area contributed by atoms with Crippen LogP contribution in [0.4, 0.5) is 5.69 Å². The smallest absolute Gasteiger partial charge is 0.315 e. The van der Waals surface area contributed by atoms with Gasteiger partial charge in [-0.05, 0) is 35.9 Å². The fourth-order valence-corrected chi connectivity index (χ4v) is 3.41. The first kappa shape index (κ1) is 19.0. The van der Waals surface area contributed by atoms with Gasteiger partial charge in [-0.25, -0.2) is 4.98 Å². The molecule has 1 N–H and O–H groups in total. The first-order valence-electron chi connectivity index (χ1n) is 7.84.